The molecule has 2 amide bonds. The van der Waals surface area contributed by atoms with Crippen molar-refractivity contribution < 1.29 is 9.59 Å². The van der Waals surface area contributed by atoms with E-state index in [0.29, 0.717) is 24.0 Å². The van der Waals surface area contributed by atoms with Crippen LogP contribution in [0.5, 0.6) is 0 Å². The van der Waals surface area contributed by atoms with Gasteiger partial charge in [0.1, 0.15) is 11.9 Å². The van der Waals surface area contributed by atoms with E-state index in [0.717, 1.165) is 16.8 Å². The van der Waals surface area contributed by atoms with E-state index in [1.807, 2.05) is 54.6 Å². The number of benzene rings is 2. The van der Waals surface area contributed by atoms with Crippen molar-refractivity contribution in [2.45, 2.75) is 25.4 Å². The van der Waals surface area contributed by atoms with Gasteiger partial charge in [0.05, 0.1) is 17.5 Å². The van der Waals surface area contributed by atoms with Gasteiger partial charge in [0, 0.05) is 18.5 Å². The summed E-state index contributed by atoms with van der Waals surface area (Å²) in [4.78, 5) is 35.9. The van der Waals surface area contributed by atoms with Crippen molar-refractivity contribution in [3.05, 3.63) is 65.7 Å². The van der Waals surface area contributed by atoms with Gasteiger partial charge in [-0.25, -0.2) is 9.89 Å². The Balaban J connectivity index is 1.45. The van der Waals surface area contributed by atoms with E-state index in [9.17, 15) is 9.59 Å². The molecule has 8 heteroatoms. The molecular weight excluding hydrogens is 398 g/mol. The molecule has 0 bridgehead atoms. The second kappa shape index (κ2) is 8.93. The monoisotopic (exact) mass is 417 g/mol. The lowest BCUT2D eigenvalue weighted by Crippen LogP contribution is -2.41. The number of carbonyl (C=O) groups excluding carboxylic acids is 2. The molecule has 4 rings (SSSR count). The summed E-state index contributed by atoms with van der Waals surface area (Å²) in [7, 11) is 0. The molecule has 0 saturated carbocycles. The minimum Gasteiger partial charge on any atom is -0.352 e. The number of hydrogen-bond donors (Lipinski definition) is 1. The van der Waals surface area contributed by atoms with Gasteiger partial charge in [-0.1, -0.05) is 54.2 Å². The number of nitrogens with one attached hydrogen (secondary N) is 1. The molecule has 0 aliphatic carbocycles. The minimum absolute atomic E-state index is 0.120. The lowest BCUT2D eigenvalue weighted by atomic mass is 10.1. The van der Waals surface area contributed by atoms with Crippen molar-refractivity contribution >= 4 is 40.3 Å². The molecule has 0 aromatic heterocycles. The highest BCUT2D eigenvalue weighted by molar-refractivity contribution is 8.14. The van der Waals surface area contributed by atoms with Gasteiger partial charge in [-0.15, -0.1) is 0 Å². The third-order valence-electron chi connectivity index (χ3n) is 4.79. The molecule has 2 aliphatic heterocycles. The molecular formula is C22H19N5O2S. The van der Waals surface area contributed by atoms with Crippen LogP contribution in [0.15, 0.2) is 64.6 Å². The Morgan fingerprint density at radius 2 is 1.93 bits per heavy atom. The van der Waals surface area contributed by atoms with Crippen LogP contribution in [0.1, 0.15) is 24.0 Å². The standard InChI is InChI=1S/C22H19N5O2S/c23-12-13-30-22-26-17-9-5-4-8-16(17)20-25-18(21(29)27(20)22)10-11-19(28)24-14-15-6-2-1-3-7-15/h1-9,18H,10-11,13-14H2,(H,24,28)/t18-/m1/s1. The van der Waals surface area contributed by atoms with Gasteiger partial charge in [0.2, 0.25) is 5.91 Å². The van der Waals surface area contributed by atoms with Crippen molar-refractivity contribution in [1.82, 2.24) is 10.2 Å². The first-order valence-electron chi connectivity index (χ1n) is 9.57. The van der Waals surface area contributed by atoms with E-state index >= 15 is 0 Å². The Kier molecular flexibility index (Phi) is 5.91. The molecule has 30 heavy (non-hydrogen) atoms. The number of fused-ring (bicyclic) bond motifs is 3. The Labute approximate surface area is 178 Å². The maximum atomic E-state index is 13.0. The van der Waals surface area contributed by atoms with E-state index in [1.165, 1.54) is 16.7 Å². The fraction of sp³-hybridized carbons (Fsp3) is 0.227. The molecule has 150 valence electrons. The van der Waals surface area contributed by atoms with Gasteiger partial charge in [-0.05, 0) is 24.1 Å². The molecule has 2 heterocycles. The highest BCUT2D eigenvalue weighted by Crippen LogP contribution is 2.34. The number of aliphatic imine (C=N–C) groups is 2. The summed E-state index contributed by atoms with van der Waals surface area (Å²) < 4.78 is 0. The van der Waals surface area contributed by atoms with Crippen LogP contribution in [0, 0.1) is 11.3 Å². The van der Waals surface area contributed by atoms with Gasteiger partial charge in [0.25, 0.3) is 5.91 Å². The van der Waals surface area contributed by atoms with Crippen LogP contribution in [-0.2, 0) is 16.1 Å². The summed E-state index contributed by atoms with van der Waals surface area (Å²) >= 11 is 1.21. The minimum atomic E-state index is -0.637. The summed E-state index contributed by atoms with van der Waals surface area (Å²) in [5.41, 5.74) is 2.53. The van der Waals surface area contributed by atoms with Gasteiger partial charge in [0.15, 0.2) is 5.17 Å². The van der Waals surface area contributed by atoms with Crippen LogP contribution in [-0.4, -0.2) is 39.5 Å². The Bertz CT molecular complexity index is 1070. The molecule has 2 aromatic rings. The lowest BCUT2D eigenvalue weighted by Gasteiger charge is -2.25. The summed E-state index contributed by atoms with van der Waals surface area (Å²) in [6.07, 6.45) is 0.519. The number of para-hydroxylation sites is 1. The number of carbonyl (C=O) groups is 2. The maximum absolute atomic E-state index is 13.0. The largest absolute Gasteiger partial charge is 0.352 e. The van der Waals surface area contributed by atoms with E-state index in [-0.39, 0.29) is 24.0 Å². The number of thioether (sulfide) groups is 1. The molecule has 0 unspecified atom stereocenters. The zero-order valence-corrected chi connectivity index (χ0v) is 16.9. The molecule has 0 fully saturated rings. The third kappa shape index (κ3) is 4.11. The first kappa shape index (κ1) is 19.9. The number of amides is 2. The molecule has 2 aliphatic rings. The molecule has 1 N–H and O–H groups in total. The highest BCUT2D eigenvalue weighted by Gasteiger charge is 2.41. The average molecular weight is 417 g/mol. The highest BCUT2D eigenvalue weighted by atomic mass is 32.2. The topological polar surface area (TPSA) is 97.9 Å². The summed E-state index contributed by atoms with van der Waals surface area (Å²) in [6.45, 7) is 0.452. The van der Waals surface area contributed by atoms with Crippen LogP contribution in [0.25, 0.3) is 0 Å². The smallest absolute Gasteiger partial charge is 0.259 e. The lowest BCUT2D eigenvalue weighted by molar-refractivity contribution is -0.125. The Morgan fingerprint density at radius 1 is 1.17 bits per heavy atom. The molecule has 0 saturated heterocycles. The van der Waals surface area contributed by atoms with Crippen LogP contribution < -0.4 is 5.32 Å². The number of rotatable bonds is 6. The first-order valence-corrected chi connectivity index (χ1v) is 10.6. The van der Waals surface area contributed by atoms with Crippen molar-refractivity contribution in [1.29, 1.82) is 5.26 Å². The van der Waals surface area contributed by atoms with Crippen molar-refractivity contribution in [3.63, 3.8) is 0 Å². The van der Waals surface area contributed by atoms with E-state index < -0.39 is 6.04 Å². The van der Waals surface area contributed by atoms with Crippen molar-refractivity contribution in [2.75, 3.05) is 5.75 Å². The second-order valence-corrected chi connectivity index (χ2v) is 7.74. The predicted molar refractivity (Wildman–Crippen MR) is 116 cm³/mol. The van der Waals surface area contributed by atoms with Crippen LogP contribution in [0.3, 0.4) is 0 Å². The summed E-state index contributed by atoms with van der Waals surface area (Å²) in [6, 6.07) is 18.6. The molecule has 0 spiro atoms. The fourth-order valence-corrected chi connectivity index (χ4v) is 4.00. The van der Waals surface area contributed by atoms with Gasteiger partial charge in [-0.2, -0.15) is 5.26 Å². The Hall–Kier alpha value is -3.44. The van der Waals surface area contributed by atoms with E-state index in [4.69, 9.17) is 5.26 Å². The van der Waals surface area contributed by atoms with Gasteiger partial charge >= 0.3 is 0 Å². The van der Waals surface area contributed by atoms with E-state index in [1.54, 1.807) is 0 Å². The maximum Gasteiger partial charge on any atom is 0.259 e. The quantitative estimate of drug-likeness (QED) is 0.781. The summed E-state index contributed by atoms with van der Waals surface area (Å²) in [5, 5.41) is 12.3. The van der Waals surface area contributed by atoms with Crippen LogP contribution >= 0.6 is 11.8 Å². The number of hydrogen-bond acceptors (Lipinski definition) is 6. The number of amidine groups is 2. The normalized spacial score (nSPS) is 16.8. The molecule has 2 aromatic carbocycles. The number of nitrogens with zero attached hydrogens (tertiary/aromatic N) is 4. The zero-order chi connectivity index (χ0) is 20.9. The first-order chi connectivity index (χ1) is 14.7. The van der Waals surface area contributed by atoms with Crippen LogP contribution in [0.2, 0.25) is 0 Å². The molecule has 1 atom stereocenters. The second-order valence-electron chi connectivity index (χ2n) is 6.80. The predicted octanol–water partition coefficient (Wildman–Crippen LogP) is 3.00. The SMILES string of the molecule is N#CCSC1=Nc2ccccc2C2=N[C@H](CCC(=O)NCc3ccccc3)C(=O)N12. The molecule has 0 radical (unpaired) electrons. The van der Waals surface area contributed by atoms with Crippen molar-refractivity contribution in [2.24, 2.45) is 9.98 Å². The third-order valence-corrected chi connectivity index (χ3v) is 5.60. The molecule has 7 nitrogen and oxygen atoms in total. The fourth-order valence-electron chi connectivity index (χ4n) is 3.34. The summed E-state index contributed by atoms with van der Waals surface area (Å²) in [5.74, 6) is 0.398. The van der Waals surface area contributed by atoms with Gasteiger partial charge < -0.3 is 5.32 Å². The Morgan fingerprint density at radius 3 is 2.73 bits per heavy atom. The average Bonchev–Trinajstić information content (AvgIpc) is 3.12. The zero-order valence-electron chi connectivity index (χ0n) is 16.1. The van der Waals surface area contributed by atoms with Crippen molar-refractivity contribution in [3.8, 4) is 6.07 Å². The van der Waals surface area contributed by atoms with Gasteiger partial charge in [-0.3, -0.25) is 14.6 Å². The van der Waals surface area contributed by atoms with Crippen LogP contribution in [0.4, 0.5) is 5.69 Å². The number of nitriles is 1. The van der Waals surface area contributed by atoms with E-state index in [2.05, 4.69) is 21.4 Å².